The Morgan fingerprint density at radius 3 is 2.72 bits per heavy atom. The van der Waals surface area contributed by atoms with E-state index >= 15 is 0 Å². The Hall–Kier alpha value is -0.970. The van der Waals surface area contributed by atoms with E-state index < -0.39 is 11.7 Å². The van der Waals surface area contributed by atoms with E-state index in [1.165, 1.54) is 0 Å². The van der Waals surface area contributed by atoms with Crippen molar-refractivity contribution in [1.29, 1.82) is 0 Å². The highest BCUT2D eigenvalue weighted by atomic mass is 16.5. The average molecular weight is 353 g/mol. The first kappa shape index (κ1) is 22.1. The first-order valence-corrected chi connectivity index (χ1v) is 9.50. The smallest absolute Gasteiger partial charge is 0.139 e. The normalized spacial score (nSPS) is 27.3. The van der Waals surface area contributed by atoms with Gasteiger partial charge in [-0.25, -0.2) is 0 Å². The van der Waals surface area contributed by atoms with Gasteiger partial charge in [0.25, 0.3) is 0 Å². The molecule has 0 radical (unpaired) electrons. The van der Waals surface area contributed by atoms with Gasteiger partial charge in [0.2, 0.25) is 0 Å². The molecule has 1 fully saturated rings. The first-order valence-electron chi connectivity index (χ1n) is 9.50. The monoisotopic (exact) mass is 352 g/mol. The van der Waals surface area contributed by atoms with Crippen LogP contribution in [0.2, 0.25) is 0 Å². The number of ether oxygens (including phenoxy) is 1. The number of hydrogen-bond donors (Lipinski definition) is 2. The molecule has 1 aliphatic rings. The van der Waals surface area contributed by atoms with Crippen LogP contribution >= 0.6 is 0 Å². The van der Waals surface area contributed by atoms with Gasteiger partial charge in [-0.1, -0.05) is 39.0 Å². The lowest BCUT2D eigenvalue weighted by Crippen LogP contribution is -2.41. The fraction of sp³-hybridized carbons (Fsp3) is 0.762. The van der Waals surface area contributed by atoms with Crippen molar-refractivity contribution < 1.29 is 19.7 Å². The van der Waals surface area contributed by atoms with Crippen LogP contribution in [-0.2, 0) is 9.53 Å². The van der Waals surface area contributed by atoms with E-state index in [0.29, 0.717) is 25.4 Å². The molecule has 0 spiro atoms. The van der Waals surface area contributed by atoms with Crippen LogP contribution in [0.3, 0.4) is 0 Å². The van der Waals surface area contributed by atoms with Gasteiger partial charge in [-0.3, -0.25) is 4.79 Å². The predicted octanol–water partition coefficient (Wildman–Crippen LogP) is 3.81. The van der Waals surface area contributed by atoms with Crippen LogP contribution in [0.1, 0.15) is 66.2 Å². The molecular weight excluding hydrogens is 316 g/mol. The van der Waals surface area contributed by atoms with Gasteiger partial charge in [0.1, 0.15) is 5.78 Å². The number of carbonyl (C=O) groups is 1. The minimum Gasteiger partial charge on any atom is -0.392 e. The second-order valence-corrected chi connectivity index (χ2v) is 7.95. The summed E-state index contributed by atoms with van der Waals surface area (Å²) in [6.45, 7) is 12.5. The lowest BCUT2D eigenvalue weighted by Gasteiger charge is -2.33. The summed E-state index contributed by atoms with van der Waals surface area (Å²) in [6.07, 6.45) is 5.47. The van der Waals surface area contributed by atoms with Crippen LogP contribution < -0.4 is 0 Å². The lowest BCUT2D eigenvalue weighted by molar-refractivity contribution is -0.122. The highest BCUT2D eigenvalue weighted by molar-refractivity contribution is 5.82. The van der Waals surface area contributed by atoms with E-state index in [0.717, 1.165) is 36.8 Å². The first-order chi connectivity index (χ1) is 11.7. The number of carbonyl (C=O) groups excluding carboxylic acids is 1. The Balaban J connectivity index is 2.49. The van der Waals surface area contributed by atoms with Crippen LogP contribution in [0, 0.1) is 11.8 Å². The molecule has 0 amide bonds. The van der Waals surface area contributed by atoms with Gasteiger partial charge in [-0.2, -0.15) is 0 Å². The Labute approximate surface area is 153 Å². The number of allylic oxidation sites excluding steroid dienone is 1. The van der Waals surface area contributed by atoms with Crippen molar-refractivity contribution in [2.75, 3.05) is 13.2 Å². The van der Waals surface area contributed by atoms with E-state index in [9.17, 15) is 9.90 Å². The number of aliphatic hydroxyl groups excluding tert-OH is 2. The second kappa shape index (κ2) is 10.2. The Kier molecular flexibility index (Phi) is 9.04. The van der Waals surface area contributed by atoms with Crippen molar-refractivity contribution in [2.45, 2.75) is 77.9 Å². The summed E-state index contributed by atoms with van der Waals surface area (Å²) in [5.41, 5.74) is 1.45. The standard InChI is InChI=1S/C21H36O4/c1-15(2)17(4)13-19(23)16(3)7-6-11-21(5)20(24)9-8-18(10-12-22)14-25-21/h10,15-16,20,22,24H,4,6-9,11-14H2,1-3,5H3/t16?,20-,21+/m1/s1. The molecule has 1 rings (SSSR count). The highest BCUT2D eigenvalue weighted by Crippen LogP contribution is 2.32. The van der Waals surface area contributed by atoms with Crippen LogP contribution in [0.5, 0.6) is 0 Å². The van der Waals surface area contributed by atoms with Gasteiger partial charge >= 0.3 is 0 Å². The SMILES string of the molecule is C=C(CC(=O)C(C)CCC[C@]1(C)OCC(=CCO)CC[C@H]1O)C(C)C. The number of hydrogen-bond acceptors (Lipinski definition) is 4. The van der Waals surface area contributed by atoms with E-state index in [2.05, 4.69) is 20.4 Å². The molecule has 0 saturated carbocycles. The quantitative estimate of drug-likeness (QED) is 0.619. The Morgan fingerprint density at radius 1 is 1.44 bits per heavy atom. The maximum absolute atomic E-state index is 12.3. The van der Waals surface area contributed by atoms with Crippen molar-refractivity contribution in [1.82, 2.24) is 0 Å². The van der Waals surface area contributed by atoms with Gasteiger partial charge in [0, 0.05) is 12.3 Å². The summed E-state index contributed by atoms with van der Waals surface area (Å²) in [4.78, 5) is 12.3. The van der Waals surface area contributed by atoms with Gasteiger partial charge < -0.3 is 14.9 Å². The van der Waals surface area contributed by atoms with Crippen molar-refractivity contribution in [3.63, 3.8) is 0 Å². The zero-order valence-corrected chi connectivity index (χ0v) is 16.4. The topological polar surface area (TPSA) is 66.8 Å². The van der Waals surface area contributed by atoms with E-state index in [1.54, 1.807) is 6.08 Å². The van der Waals surface area contributed by atoms with Crippen LogP contribution in [0.4, 0.5) is 0 Å². The number of rotatable bonds is 9. The molecule has 3 atom stereocenters. The summed E-state index contributed by atoms with van der Waals surface area (Å²) in [5, 5.41) is 19.5. The second-order valence-electron chi connectivity index (χ2n) is 7.95. The summed E-state index contributed by atoms with van der Waals surface area (Å²) in [5.74, 6) is 0.594. The van der Waals surface area contributed by atoms with E-state index in [4.69, 9.17) is 9.84 Å². The van der Waals surface area contributed by atoms with E-state index in [1.807, 2.05) is 13.8 Å². The number of aliphatic hydroxyl groups is 2. The lowest BCUT2D eigenvalue weighted by atomic mass is 9.86. The molecule has 1 heterocycles. The zero-order chi connectivity index (χ0) is 19.0. The van der Waals surface area contributed by atoms with E-state index in [-0.39, 0.29) is 18.3 Å². The maximum atomic E-state index is 12.3. The molecule has 4 nitrogen and oxygen atoms in total. The molecule has 1 aliphatic heterocycles. The fourth-order valence-corrected chi connectivity index (χ4v) is 3.10. The molecule has 0 bridgehead atoms. The van der Waals surface area contributed by atoms with Gasteiger partial charge in [0.15, 0.2) is 0 Å². The minimum atomic E-state index is -0.588. The van der Waals surface area contributed by atoms with Gasteiger partial charge in [-0.15, -0.1) is 0 Å². The highest BCUT2D eigenvalue weighted by Gasteiger charge is 2.36. The van der Waals surface area contributed by atoms with Crippen molar-refractivity contribution >= 4 is 5.78 Å². The Morgan fingerprint density at radius 2 is 2.12 bits per heavy atom. The minimum absolute atomic E-state index is 0.00636. The summed E-state index contributed by atoms with van der Waals surface area (Å²) >= 11 is 0. The molecule has 2 N–H and O–H groups in total. The summed E-state index contributed by atoms with van der Waals surface area (Å²) in [6, 6.07) is 0. The fourth-order valence-electron chi connectivity index (χ4n) is 3.10. The Bertz CT molecular complexity index is 480. The molecular formula is C21H36O4. The molecule has 0 aromatic heterocycles. The molecule has 1 saturated heterocycles. The number of ketones is 1. The van der Waals surface area contributed by atoms with Crippen LogP contribution in [-0.4, -0.2) is 40.9 Å². The summed E-state index contributed by atoms with van der Waals surface area (Å²) in [7, 11) is 0. The zero-order valence-electron chi connectivity index (χ0n) is 16.4. The van der Waals surface area contributed by atoms with Gasteiger partial charge in [-0.05, 0) is 50.5 Å². The third-order valence-electron chi connectivity index (χ3n) is 5.49. The van der Waals surface area contributed by atoms with Gasteiger partial charge in [0.05, 0.1) is 24.9 Å². The summed E-state index contributed by atoms with van der Waals surface area (Å²) < 4.78 is 5.98. The molecule has 25 heavy (non-hydrogen) atoms. The van der Waals surface area contributed by atoms with Crippen molar-refractivity contribution in [3.05, 3.63) is 23.8 Å². The third kappa shape index (κ3) is 7.04. The largest absolute Gasteiger partial charge is 0.392 e. The third-order valence-corrected chi connectivity index (χ3v) is 5.49. The molecule has 4 heteroatoms. The van der Waals surface area contributed by atoms with Crippen molar-refractivity contribution in [2.24, 2.45) is 11.8 Å². The average Bonchev–Trinajstić information content (AvgIpc) is 2.69. The van der Waals surface area contributed by atoms with Crippen LogP contribution in [0.25, 0.3) is 0 Å². The predicted molar refractivity (Wildman–Crippen MR) is 101 cm³/mol. The molecule has 1 unspecified atom stereocenters. The molecule has 0 aromatic rings. The van der Waals surface area contributed by atoms with Crippen LogP contribution in [0.15, 0.2) is 23.8 Å². The molecule has 0 aromatic carbocycles. The van der Waals surface area contributed by atoms with Crippen molar-refractivity contribution in [3.8, 4) is 0 Å². The molecule has 144 valence electrons. The maximum Gasteiger partial charge on any atom is 0.139 e. The molecule has 0 aliphatic carbocycles. The number of Topliss-reactive ketones (excluding diaryl/α,β-unsaturated/α-hetero) is 1.